The Morgan fingerprint density at radius 3 is 2.62 bits per heavy atom. The normalized spacial score (nSPS) is 28.9. The van der Waals surface area contributed by atoms with Gasteiger partial charge < -0.3 is 9.47 Å². The van der Waals surface area contributed by atoms with Crippen LogP contribution in [0.5, 0.6) is 0 Å². The molecule has 1 fully saturated rings. The lowest BCUT2D eigenvalue weighted by atomic mass is 10.1. The summed E-state index contributed by atoms with van der Waals surface area (Å²) in [7, 11) is 0. The summed E-state index contributed by atoms with van der Waals surface area (Å²) in [6.45, 7) is 1.96. The van der Waals surface area contributed by atoms with Crippen molar-refractivity contribution in [2.45, 2.75) is 31.7 Å². The molecule has 0 aliphatic carbocycles. The van der Waals surface area contributed by atoms with E-state index in [2.05, 4.69) is 4.74 Å². The molecule has 76 valence electrons. The van der Waals surface area contributed by atoms with Crippen LogP contribution in [-0.4, -0.2) is 25.0 Å². The average molecular weight is 196 g/mol. The van der Waals surface area contributed by atoms with E-state index in [4.69, 9.17) is 4.74 Å². The number of ether oxygens (including phenoxy) is 2. The highest BCUT2D eigenvalue weighted by Gasteiger charge is 2.49. The van der Waals surface area contributed by atoms with Crippen LogP contribution < -0.4 is 0 Å². The minimum Gasteiger partial charge on any atom is -0.499 e. The van der Waals surface area contributed by atoms with Gasteiger partial charge in [-0.25, -0.2) is 0 Å². The first-order chi connectivity index (χ1) is 6.04. The molecule has 0 aromatic rings. The van der Waals surface area contributed by atoms with Gasteiger partial charge >= 0.3 is 6.18 Å². The van der Waals surface area contributed by atoms with Gasteiger partial charge in [-0.05, 0) is 6.92 Å². The van der Waals surface area contributed by atoms with E-state index in [1.165, 1.54) is 6.26 Å². The van der Waals surface area contributed by atoms with E-state index < -0.39 is 18.4 Å². The third-order valence-electron chi connectivity index (χ3n) is 1.71. The van der Waals surface area contributed by atoms with Crippen LogP contribution in [0.4, 0.5) is 13.2 Å². The molecule has 1 rings (SSSR count). The van der Waals surface area contributed by atoms with Gasteiger partial charge in [0, 0.05) is 6.42 Å². The summed E-state index contributed by atoms with van der Waals surface area (Å²) in [5.41, 5.74) is 0. The van der Waals surface area contributed by atoms with Gasteiger partial charge in [0.2, 0.25) is 0 Å². The topological polar surface area (TPSA) is 18.5 Å². The predicted octanol–water partition coefficient (Wildman–Crippen LogP) is 2.26. The predicted molar refractivity (Wildman–Crippen MR) is 40.1 cm³/mol. The number of rotatable bonds is 3. The summed E-state index contributed by atoms with van der Waals surface area (Å²) in [5, 5.41) is 0. The number of halogens is 3. The molecule has 0 aromatic heterocycles. The van der Waals surface area contributed by atoms with Gasteiger partial charge in [0.25, 0.3) is 0 Å². The Kier molecular flexibility index (Phi) is 3.19. The fourth-order valence-corrected chi connectivity index (χ4v) is 1.04. The van der Waals surface area contributed by atoms with Crippen molar-refractivity contribution in [2.75, 3.05) is 6.61 Å². The highest BCUT2D eigenvalue weighted by molar-refractivity contribution is 4.83. The van der Waals surface area contributed by atoms with Crippen molar-refractivity contribution >= 4 is 0 Å². The van der Waals surface area contributed by atoms with Crippen molar-refractivity contribution in [2.24, 2.45) is 0 Å². The lowest BCUT2D eigenvalue weighted by Gasteiger charge is -2.36. The molecule has 0 spiro atoms. The standard InChI is InChI=1S/C8H11F3O2/c1-2-3-12-5-6-4-7(13-6)8(9,10)11/h2-3,6-7H,4-5H2,1H3. The van der Waals surface area contributed by atoms with Crippen LogP contribution >= 0.6 is 0 Å². The smallest absolute Gasteiger partial charge is 0.414 e. The zero-order chi connectivity index (χ0) is 9.90. The van der Waals surface area contributed by atoms with Crippen molar-refractivity contribution in [3.05, 3.63) is 12.3 Å². The van der Waals surface area contributed by atoms with Crippen LogP contribution in [0.25, 0.3) is 0 Å². The minimum absolute atomic E-state index is 0.00105. The molecular weight excluding hydrogens is 185 g/mol. The maximum Gasteiger partial charge on any atom is 0.414 e. The highest BCUT2D eigenvalue weighted by atomic mass is 19.4. The summed E-state index contributed by atoms with van der Waals surface area (Å²) < 4.78 is 45.1. The highest BCUT2D eigenvalue weighted by Crippen LogP contribution is 2.34. The third kappa shape index (κ3) is 2.91. The first kappa shape index (κ1) is 10.4. The Balaban J connectivity index is 2.12. The van der Waals surface area contributed by atoms with Gasteiger partial charge in [-0.3, -0.25) is 0 Å². The van der Waals surface area contributed by atoms with E-state index in [0.29, 0.717) is 0 Å². The summed E-state index contributed by atoms with van der Waals surface area (Å²) in [4.78, 5) is 0. The van der Waals surface area contributed by atoms with Crippen LogP contribution in [-0.2, 0) is 9.47 Å². The largest absolute Gasteiger partial charge is 0.499 e. The van der Waals surface area contributed by atoms with Crippen molar-refractivity contribution < 1.29 is 22.6 Å². The van der Waals surface area contributed by atoms with Crippen LogP contribution in [0.2, 0.25) is 0 Å². The molecule has 1 heterocycles. The molecule has 0 N–H and O–H groups in total. The van der Waals surface area contributed by atoms with E-state index in [1.54, 1.807) is 13.0 Å². The zero-order valence-corrected chi connectivity index (χ0v) is 7.17. The Morgan fingerprint density at radius 2 is 2.15 bits per heavy atom. The van der Waals surface area contributed by atoms with E-state index >= 15 is 0 Å². The number of hydrogen-bond donors (Lipinski definition) is 0. The Labute approximate surface area is 74.3 Å². The van der Waals surface area contributed by atoms with Crippen molar-refractivity contribution in [3.63, 3.8) is 0 Å². The molecule has 1 saturated heterocycles. The van der Waals surface area contributed by atoms with Crippen LogP contribution in [0, 0.1) is 0 Å². The summed E-state index contributed by atoms with van der Waals surface area (Å²) in [6.07, 6.45) is -3.13. The van der Waals surface area contributed by atoms with Gasteiger partial charge in [0.1, 0.15) is 6.61 Å². The minimum atomic E-state index is -4.23. The Bertz CT molecular complexity index is 182. The van der Waals surface area contributed by atoms with Crippen molar-refractivity contribution in [3.8, 4) is 0 Å². The van der Waals surface area contributed by atoms with Gasteiger partial charge in [0.05, 0.1) is 12.4 Å². The lowest BCUT2D eigenvalue weighted by Crippen LogP contribution is -2.48. The number of hydrogen-bond acceptors (Lipinski definition) is 2. The Hall–Kier alpha value is -0.710. The van der Waals surface area contributed by atoms with Crippen LogP contribution in [0.15, 0.2) is 12.3 Å². The fraction of sp³-hybridized carbons (Fsp3) is 0.750. The average Bonchev–Trinajstić information content (AvgIpc) is 1.91. The molecule has 2 unspecified atom stereocenters. The Morgan fingerprint density at radius 1 is 1.54 bits per heavy atom. The maximum absolute atomic E-state index is 11.9. The van der Waals surface area contributed by atoms with Crippen molar-refractivity contribution in [1.82, 2.24) is 0 Å². The quantitative estimate of drug-likeness (QED) is 0.644. The first-order valence-electron chi connectivity index (χ1n) is 3.99. The van der Waals surface area contributed by atoms with Crippen LogP contribution in [0.3, 0.4) is 0 Å². The molecule has 2 atom stereocenters. The van der Waals surface area contributed by atoms with Crippen LogP contribution in [0.1, 0.15) is 13.3 Å². The van der Waals surface area contributed by atoms with Crippen molar-refractivity contribution in [1.29, 1.82) is 0 Å². The maximum atomic E-state index is 11.9. The second kappa shape index (κ2) is 4.00. The van der Waals surface area contributed by atoms with E-state index in [-0.39, 0.29) is 13.0 Å². The molecule has 5 heteroatoms. The molecule has 0 radical (unpaired) electrons. The molecule has 1 aliphatic heterocycles. The van der Waals surface area contributed by atoms with Gasteiger partial charge in [-0.2, -0.15) is 13.2 Å². The molecule has 2 nitrogen and oxygen atoms in total. The van der Waals surface area contributed by atoms with Gasteiger partial charge in [0.15, 0.2) is 6.10 Å². The molecule has 1 aliphatic rings. The second-order valence-corrected chi connectivity index (χ2v) is 2.83. The van der Waals surface area contributed by atoms with E-state index in [9.17, 15) is 13.2 Å². The summed E-state index contributed by atoms with van der Waals surface area (Å²) in [5.74, 6) is 0. The van der Waals surface area contributed by atoms with E-state index in [1.807, 2.05) is 0 Å². The second-order valence-electron chi connectivity index (χ2n) is 2.83. The molecule has 0 amide bonds. The molecular formula is C8H11F3O2. The lowest BCUT2D eigenvalue weighted by molar-refractivity contribution is -0.290. The first-order valence-corrected chi connectivity index (χ1v) is 3.99. The molecule has 0 saturated carbocycles. The number of allylic oxidation sites excluding steroid dienone is 1. The number of alkyl halides is 3. The van der Waals surface area contributed by atoms with Gasteiger partial charge in [-0.15, -0.1) is 0 Å². The summed E-state index contributed by atoms with van der Waals surface area (Å²) in [6, 6.07) is 0. The monoisotopic (exact) mass is 196 g/mol. The molecule has 0 bridgehead atoms. The summed E-state index contributed by atoms with van der Waals surface area (Å²) >= 11 is 0. The zero-order valence-electron chi connectivity index (χ0n) is 7.17. The molecule has 0 aromatic carbocycles. The van der Waals surface area contributed by atoms with Gasteiger partial charge in [-0.1, -0.05) is 6.08 Å². The fourth-order valence-electron chi connectivity index (χ4n) is 1.04. The molecule has 13 heavy (non-hydrogen) atoms. The SMILES string of the molecule is CC=COCC1CC(C(F)(F)F)O1. The third-order valence-corrected chi connectivity index (χ3v) is 1.71. The van der Waals surface area contributed by atoms with E-state index in [0.717, 1.165) is 0 Å².